The lowest BCUT2D eigenvalue weighted by Gasteiger charge is -2.34. The third kappa shape index (κ3) is 10.7. The summed E-state index contributed by atoms with van der Waals surface area (Å²) in [6, 6.07) is 0. The minimum atomic E-state index is 0. The lowest BCUT2D eigenvalue weighted by Crippen LogP contribution is -2.47. The van der Waals surface area contributed by atoms with E-state index >= 15 is 0 Å². The molecule has 7 heteroatoms. The van der Waals surface area contributed by atoms with Crippen molar-refractivity contribution >= 4 is 29.9 Å². The Bertz CT molecular complexity index is 311. The lowest BCUT2D eigenvalue weighted by molar-refractivity contribution is 0.00991. The second-order valence-corrected chi connectivity index (χ2v) is 5.93. The first-order valence-electron chi connectivity index (χ1n) is 8.87. The molecule has 144 valence electrons. The van der Waals surface area contributed by atoms with Crippen molar-refractivity contribution in [1.82, 2.24) is 10.2 Å². The van der Waals surface area contributed by atoms with Gasteiger partial charge in [-0.3, -0.25) is 4.99 Å². The number of likely N-dealkylation sites (tertiary alicyclic amines) is 1. The molecule has 0 bridgehead atoms. The van der Waals surface area contributed by atoms with Gasteiger partial charge in [-0.15, -0.1) is 24.0 Å². The molecule has 1 heterocycles. The van der Waals surface area contributed by atoms with E-state index in [0.717, 1.165) is 77.5 Å². The lowest BCUT2D eigenvalue weighted by atomic mass is 10.1. The predicted octanol–water partition coefficient (Wildman–Crippen LogP) is 2.51. The average molecular weight is 457 g/mol. The number of rotatable bonds is 11. The van der Waals surface area contributed by atoms with Crippen LogP contribution in [0.4, 0.5) is 0 Å². The largest absolute Gasteiger partial charge is 0.385 e. The molecule has 0 amide bonds. The SMILES string of the molecule is CN=C(NCCCCCOC)N1CCC(OCCCOC)CC1.I. The molecule has 0 atom stereocenters. The topological polar surface area (TPSA) is 55.3 Å². The minimum Gasteiger partial charge on any atom is -0.385 e. The average Bonchev–Trinajstić information content (AvgIpc) is 2.59. The van der Waals surface area contributed by atoms with Crippen LogP contribution in [-0.4, -0.2) is 77.7 Å². The molecule has 0 spiro atoms. The molecule has 1 rings (SSSR count). The smallest absolute Gasteiger partial charge is 0.193 e. The number of unbranched alkanes of at least 4 members (excludes halogenated alkanes) is 2. The van der Waals surface area contributed by atoms with E-state index < -0.39 is 0 Å². The summed E-state index contributed by atoms with van der Waals surface area (Å²) in [6.45, 7) is 5.43. The highest BCUT2D eigenvalue weighted by molar-refractivity contribution is 14.0. The molecule has 0 aliphatic carbocycles. The van der Waals surface area contributed by atoms with Crippen molar-refractivity contribution in [2.45, 2.75) is 44.6 Å². The Kier molecular flexibility index (Phi) is 16.3. The summed E-state index contributed by atoms with van der Waals surface area (Å²) >= 11 is 0. The van der Waals surface area contributed by atoms with Gasteiger partial charge in [0.15, 0.2) is 5.96 Å². The predicted molar refractivity (Wildman–Crippen MR) is 110 cm³/mol. The number of piperidine rings is 1. The number of halogens is 1. The number of hydrogen-bond donors (Lipinski definition) is 1. The summed E-state index contributed by atoms with van der Waals surface area (Å²) in [5.41, 5.74) is 0. The van der Waals surface area contributed by atoms with Gasteiger partial charge in [-0.05, 0) is 38.5 Å². The Morgan fingerprint density at radius 2 is 1.67 bits per heavy atom. The molecule has 1 fully saturated rings. The highest BCUT2D eigenvalue weighted by Gasteiger charge is 2.21. The van der Waals surface area contributed by atoms with Gasteiger partial charge in [-0.2, -0.15) is 0 Å². The fourth-order valence-electron chi connectivity index (χ4n) is 2.77. The van der Waals surface area contributed by atoms with E-state index in [1.54, 1.807) is 14.2 Å². The quantitative estimate of drug-likeness (QED) is 0.224. The Balaban J connectivity index is 0.00000529. The third-order valence-electron chi connectivity index (χ3n) is 4.11. The molecule has 0 radical (unpaired) electrons. The molecule has 0 aromatic rings. The van der Waals surface area contributed by atoms with Crippen LogP contribution >= 0.6 is 24.0 Å². The fourth-order valence-corrected chi connectivity index (χ4v) is 2.77. The first kappa shape index (κ1) is 23.9. The van der Waals surface area contributed by atoms with Crippen LogP contribution in [0.15, 0.2) is 4.99 Å². The van der Waals surface area contributed by atoms with Crippen molar-refractivity contribution in [3.63, 3.8) is 0 Å². The number of methoxy groups -OCH3 is 2. The van der Waals surface area contributed by atoms with Gasteiger partial charge in [0.05, 0.1) is 6.10 Å². The second kappa shape index (κ2) is 16.4. The van der Waals surface area contributed by atoms with Crippen LogP contribution in [0.2, 0.25) is 0 Å². The Morgan fingerprint density at radius 1 is 1.00 bits per heavy atom. The van der Waals surface area contributed by atoms with Gasteiger partial charge in [0.1, 0.15) is 0 Å². The summed E-state index contributed by atoms with van der Waals surface area (Å²) in [7, 11) is 5.35. The zero-order valence-corrected chi connectivity index (χ0v) is 17.9. The van der Waals surface area contributed by atoms with E-state index in [4.69, 9.17) is 14.2 Å². The van der Waals surface area contributed by atoms with Crippen LogP contribution < -0.4 is 5.32 Å². The zero-order valence-electron chi connectivity index (χ0n) is 15.6. The summed E-state index contributed by atoms with van der Waals surface area (Å²) in [6.07, 6.45) is 6.97. The molecule has 0 unspecified atom stereocenters. The standard InChI is InChI=1S/C17H35N3O3.HI/c1-18-17(19-10-5-4-6-13-21-2)20-11-8-16(9-12-20)23-15-7-14-22-3;/h16H,4-15H2,1-3H3,(H,18,19);1H. The van der Waals surface area contributed by atoms with Crippen LogP contribution in [0.5, 0.6) is 0 Å². The fraction of sp³-hybridized carbons (Fsp3) is 0.941. The molecule has 6 nitrogen and oxygen atoms in total. The van der Waals surface area contributed by atoms with Crippen molar-refractivity contribution in [2.24, 2.45) is 4.99 Å². The van der Waals surface area contributed by atoms with E-state index in [-0.39, 0.29) is 24.0 Å². The monoisotopic (exact) mass is 457 g/mol. The third-order valence-corrected chi connectivity index (χ3v) is 4.11. The van der Waals surface area contributed by atoms with Crippen molar-refractivity contribution in [3.05, 3.63) is 0 Å². The van der Waals surface area contributed by atoms with Gasteiger partial charge < -0.3 is 24.4 Å². The van der Waals surface area contributed by atoms with Crippen LogP contribution in [0, 0.1) is 0 Å². The molecular formula is C17H36IN3O3. The molecule has 1 aliphatic rings. The highest BCUT2D eigenvalue weighted by Crippen LogP contribution is 2.14. The zero-order chi connectivity index (χ0) is 16.8. The van der Waals surface area contributed by atoms with Gasteiger partial charge in [0, 0.05) is 60.7 Å². The molecule has 24 heavy (non-hydrogen) atoms. The van der Waals surface area contributed by atoms with Crippen LogP contribution in [0.3, 0.4) is 0 Å². The van der Waals surface area contributed by atoms with Gasteiger partial charge in [-0.1, -0.05) is 0 Å². The number of nitrogens with one attached hydrogen (secondary N) is 1. The molecule has 1 saturated heterocycles. The normalized spacial score (nSPS) is 16.1. The van der Waals surface area contributed by atoms with E-state index in [9.17, 15) is 0 Å². The summed E-state index contributed by atoms with van der Waals surface area (Å²) in [4.78, 5) is 6.74. The van der Waals surface area contributed by atoms with Crippen molar-refractivity contribution in [1.29, 1.82) is 0 Å². The summed E-state index contributed by atoms with van der Waals surface area (Å²) < 4.78 is 16.0. The van der Waals surface area contributed by atoms with Crippen molar-refractivity contribution in [2.75, 3.05) is 60.7 Å². The summed E-state index contributed by atoms with van der Waals surface area (Å²) in [5.74, 6) is 1.02. The van der Waals surface area contributed by atoms with Gasteiger partial charge in [0.2, 0.25) is 0 Å². The Hall–Kier alpha value is -0.120. The first-order chi connectivity index (χ1) is 11.3. The minimum absolute atomic E-state index is 0. The number of hydrogen-bond acceptors (Lipinski definition) is 4. The highest BCUT2D eigenvalue weighted by atomic mass is 127. The second-order valence-electron chi connectivity index (χ2n) is 5.93. The van der Waals surface area contributed by atoms with E-state index in [1.807, 2.05) is 7.05 Å². The van der Waals surface area contributed by atoms with Gasteiger partial charge >= 0.3 is 0 Å². The maximum absolute atomic E-state index is 5.90. The maximum Gasteiger partial charge on any atom is 0.193 e. The van der Waals surface area contributed by atoms with Crippen LogP contribution in [-0.2, 0) is 14.2 Å². The van der Waals surface area contributed by atoms with Crippen molar-refractivity contribution < 1.29 is 14.2 Å². The molecule has 1 N–H and O–H groups in total. The summed E-state index contributed by atoms with van der Waals surface area (Å²) in [5, 5.41) is 3.47. The van der Waals surface area contributed by atoms with Crippen LogP contribution in [0.25, 0.3) is 0 Å². The van der Waals surface area contributed by atoms with E-state index in [2.05, 4.69) is 15.2 Å². The van der Waals surface area contributed by atoms with Crippen molar-refractivity contribution in [3.8, 4) is 0 Å². The molecule has 0 saturated carbocycles. The number of nitrogens with zero attached hydrogens (tertiary/aromatic N) is 2. The molecule has 0 aromatic carbocycles. The van der Waals surface area contributed by atoms with Gasteiger partial charge in [0.25, 0.3) is 0 Å². The Labute approximate surface area is 164 Å². The number of aliphatic imine (C=N–C) groups is 1. The maximum atomic E-state index is 5.90. The molecule has 0 aromatic heterocycles. The molecule has 1 aliphatic heterocycles. The first-order valence-corrected chi connectivity index (χ1v) is 8.87. The number of ether oxygens (including phenoxy) is 3. The Morgan fingerprint density at radius 3 is 2.29 bits per heavy atom. The van der Waals surface area contributed by atoms with E-state index in [1.165, 1.54) is 6.42 Å². The van der Waals surface area contributed by atoms with Crippen LogP contribution in [0.1, 0.15) is 38.5 Å². The molecular weight excluding hydrogens is 421 g/mol. The number of guanidine groups is 1. The van der Waals surface area contributed by atoms with E-state index in [0.29, 0.717) is 6.10 Å². The van der Waals surface area contributed by atoms with Gasteiger partial charge in [-0.25, -0.2) is 0 Å².